The summed E-state index contributed by atoms with van der Waals surface area (Å²) in [6, 6.07) is 0. The van der Waals surface area contributed by atoms with Crippen LogP contribution in [0, 0.1) is 13.8 Å². The Morgan fingerprint density at radius 2 is 2.10 bits per heavy atom. The molecule has 0 saturated carbocycles. The molecule has 2 amide bonds. The van der Waals surface area contributed by atoms with Gasteiger partial charge in [-0.2, -0.15) is 5.10 Å². The van der Waals surface area contributed by atoms with Gasteiger partial charge in [-0.15, -0.1) is 0 Å². The van der Waals surface area contributed by atoms with E-state index in [4.69, 9.17) is 5.73 Å². The van der Waals surface area contributed by atoms with Gasteiger partial charge in [0.05, 0.1) is 6.20 Å². The second-order valence-electron chi connectivity index (χ2n) is 4.59. The zero-order chi connectivity index (χ0) is 14.9. The maximum atomic E-state index is 11.3. The van der Waals surface area contributed by atoms with Crippen molar-refractivity contribution in [3.63, 3.8) is 0 Å². The van der Waals surface area contributed by atoms with Crippen LogP contribution in [-0.4, -0.2) is 33.5 Å². The molecule has 0 aromatic carbocycles. The Morgan fingerprint density at radius 3 is 2.70 bits per heavy atom. The molecule has 20 heavy (non-hydrogen) atoms. The van der Waals surface area contributed by atoms with Crippen LogP contribution in [0.3, 0.4) is 0 Å². The van der Waals surface area contributed by atoms with Gasteiger partial charge in [-0.25, -0.2) is 9.50 Å². The number of carbonyl (C=O) groups is 2. The van der Waals surface area contributed by atoms with Crippen LogP contribution < -0.4 is 11.1 Å². The summed E-state index contributed by atoms with van der Waals surface area (Å²) in [4.78, 5) is 27.1. The quantitative estimate of drug-likeness (QED) is 0.827. The number of rotatable bonds is 4. The zero-order valence-corrected chi connectivity index (χ0v) is 11.7. The topological polar surface area (TPSA) is 102 Å². The van der Waals surface area contributed by atoms with E-state index in [0.717, 1.165) is 17.0 Å². The summed E-state index contributed by atoms with van der Waals surface area (Å²) in [5, 5.41) is 6.73. The lowest BCUT2D eigenvalue weighted by Crippen LogP contribution is -2.19. The van der Waals surface area contributed by atoms with Gasteiger partial charge in [-0.3, -0.25) is 9.59 Å². The first-order valence-electron chi connectivity index (χ1n) is 6.30. The van der Waals surface area contributed by atoms with Crippen LogP contribution in [0.25, 0.3) is 5.65 Å². The summed E-state index contributed by atoms with van der Waals surface area (Å²) in [7, 11) is 1.61. The molecule has 7 heteroatoms. The lowest BCUT2D eigenvalue weighted by molar-refractivity contribution is -0.120. The number of fused-ring (bicyclic) bond motifs is 1. The second kappa shape index (κ2) is 5.28. The molecule has 2 aromatic rings. The van der Waals surface area contributed by atoms with Crippen LogP contribution in [0.4, 0.5) is 0 Å². The van der Waals surface area contributed by atoms with Crippen molar-refractivity contribution in [1.82, 2.24) is 19.9 Å². The van der Waals surface area contributed by atoms with Crippen LogP contribution in [0.1, 0.15) is 33.7 Å². The second-order valence-corrected chi connectivity index (χ2v) is 4.59. The molecule has 0 radical (unpaired) electrons. The fourth-order valence-electron chi connectivity index (χ4n) is 2.21. The fourth-order valence-corrected chi connectivity index (χ4v) is 2.21. The lowest BCUT2D eigenvalue weighted by atomic mass is 10.1. The highest BCUT2D eigenvalue weighted by Crippen LogP contribution is 2.18. The van der Waals surface area contributed by atoms with Crippen LogP contribution >= 0.6 is 0 Å². The van der Waals surface area contributed by atoms with Gasteiger partial charge >= 0.3 is 0 Å². The van der Waals surface area contributed by atoms with Crippen molar-refractivity contribution >= 4 is 17.5 Å². The molecule has 106 valence electrons. The highest BCUT2D eigenvalue weighted by Gasteiger charge is 2.16. The summed E-state index contributed by atoms with van der Waals surface area (Å²) < 4.78 is 1.59. The van der Waals surface area contributed by atoms with E-state index in [2.05, 4.69) is 15.4 Å². The Morgan fingerprint density at radius 1 is 1.40 bits per heavy atom. The largest absolute Gasteiger partial charge is 0.365 e. The predicted octanol–water partition coefficient (Wildman–Crippen LogP) is 0.124. The molecule has 0 aliphatic carbocycles. The molecule has 3 N–H and O–H groups in total. The van der Waals surface area contributed by atoms with E-state index in [1.165, 1.54) is 6.20 Å². The number of carbonyl (C=O) groups excluding carboxylic acids is 2. The molecule has 0 spiro atoms. The molecular weight excluding hydrogens is 258 g/mol. The monoisotopic (exact) mass is 275 g/mol. The number of nitrogens with two attached hydrogens (primary N) is 1. The Labute approximate surface area is 116 Å². The standard InChI is InChI=1S/C13H17N5O2/c1-7-9(4-5-11(19)15-3)8(2)18-13(17-7)10(6-16-18)12(14)20/h6H,4-5H2,1-3H3,(H2,14,20)(H,15,19). The maximum Gasteiger partial charge on any atom is 0.254 e. The van der Waals surface area contributed by atoms with Gasteiger partial charge in [0.2, 0.25) is 5.91 Å². The molecule has 0 unspecified atom stereocenters. The lowest BCUT2D eigenvalue weighted by Gasteiger charge is -2.10. The van der Waals surface area contributed by atoms with Crippen molar-refractivity contribution in [1.29, 1.82) is 0 Å². The average molecular weight is 275 g/mol. The van der Waals surface area contributed by atoms with Gasteiger partial charge in [0.15, 0.2) is 5.65 Å². The third-order valence-electron chi connectivity index (χ3n) is 3.35. The summed E-state index contributed by atoms with van der Waals surface area (Å²) in [5.74, 6) is -0.577. The summed E-state index contributed by atoms with van der Waals surface area (Å²) in [6.07, 6.45) is 2.38. The minimum absolute atomic E-state index is 0.0258. The van der Waals surface area contributed by atoms with Crippen molar-refractivity contribution in [3.8, 4) is 0 Å². The number of hydrogen-bond donors (Lipinski definition) is 2. The van der Waals surface area contributed by atoms with E-state index in [0.29, 0.717) is 24.1 Å². The first-order valence-corrected chi connectivity index (χ1v) is 6.30. The highest BCUT2D eigenvalue weighted by atomic mass is 16.1. The minimum Gasteiger partial charge on any atom is -0.365 e. The van der Waals surface area contributed by atoms with Crippen LogP contribution in [0.5, 0.6) is 0 Å². The summed E-state index contributed by atoms with van der Waals surface area (Å²) in [5.41, 5.74) is 8.65. The third kappa shape index (κ3) is 2.34. The molecule has 0 bridgehead atoms. The predicted molar refractivity (Wildman–Crippen MR) is 73.4 cm³/mol. The van der Waals surface area contributed by atoms with Crippen LogP contribution in [-0.2, 0) is 11.2 Å². The van der Waals surface area contributed by atoms with E-state index < -0.39 is 5.91 Å². The molecule has 2 rings (SSSR count). The van der Waals surface area contributed by atoms with Gasteiger partial charge in [0.1, 0.15) is 5.56 Å². The van der Waals surface area contributed by atoms with Crippen molar-refractivity contribution < 1.29 is 9.59 Å². The molecule has 2 aromatic heterocycles. The van der Waals surface area contributed by atoms with E-state index >= 15 is 0 Å². The number of hydrogen-bond acceptors (Lipinski definition) is 4. The van der Waals surface area contributed by atoms with E-state index in [9.17, 15) is 9.59 Å². The van der Waals surface area contributed by atoms with Gasteiger partial charge in [-0.1, -0.05) is 0 Å². The van der Waals surface area contributed by atoms with Gasteiger partial charge in [0, 0.05) is 24.9 Å². The molecule has 0 saturated heterocycles. The van der Waals surface area contributed by atoms with Crippen LogP contribution in [0.15, 0.2) is 6.20 Å². The Hall–Kier alpha value is -2.44. The molecule has 0 atom stereocenters. The summed E-state index contributed by atoms with van der Waals surface area (Å²) >= 11 is 0. The first kappa shape index (κ1) is 14.0. The number of aromatic nitrogens is 3. The molecular formula is C13H17N5O2. The van der Waals surface area contributed by atoms with Crippen molar-refractivity contribution in [3.05, 3.63) is 28.7 Å². The summed E-state index contributed by atoms with van der Waals surface area (Å²) in [6.45, 7) is 3.74. The number of aryl methyl sites for hydroxylation is 2. The Balaban J connectivity index is 2.47. The number of nitrogens with one attached hydrogen (secondary N) is 1. The van der Waals surface area contributed by atoms with Gasteiger partial charge < -0.3 is 11.1 Å². The highest BCUT2D eigenvalue weighted by molar-refractivity contribution is 5.98. The minimum atomic E-state index is -0.551. The molecule has 0 aliphatic heterocycles. The van der Waals surface area contributed by atoms with Crippen molar-refractivity contribution in [2.45, 2.75) is 26.7 Å². The molecule has 2 heterocycles. The molecule has 0 fully saturated rings. The van der Waals surface area contributed by atoms with Gasteiger partial charge in [0.25, 0.3) is 5.91 Å². The van der Waals surface area contributed by atoms with Crippen LogP contribution in [0.2, 0.25) is 0 Å². The smallest absolute Gasteiger partial charge is 0.254 e. The molecule has 7 nitrogen and oxygen atoms in total. The number of amides is 2. The zero-order valence-electron chi connectivity index (χ0n) is 11.7. The fraction of sp³-hybridized carbons (Fsp3) is 0.385. The van der Waals surface area contributed by atoms with E-state index in [-0.39, 0.29) is 5.91 Å². The Bertz CT molecular complexity index is 690. The Kier molecular flexibility index (Phi) is 3.69. The first-order chi connectivity index (χ1) is 9.45. The maximum absolute atomic E-state index is 11.3. The average Bonchev–Trinajstić information content (AvgIpc) is 2.81. The molecule has 0 aliphatic rings. The normalized spacial score (nSPS) is 10.8. The SMILES string of the molecule is CNC(=O)CCc1c(C)nc2c(C(N)=O)cnn2c1C. The number of nitrogens with zero attached hydrogens (tertiary/aromatic N) is 3. The van der Waals surface area contributed by atoms with Gasteiger partial charge in [-0.05, 0) is 25.8 Å². The van der Waals surface area contributed by atoms with Crippen molar-refractivity contribution in [2.24, 2.45) is 5.73 Å². The van der Waals surface area contributed by atoms with E-state index in [1.54, 1.807) is 11.6 Å². The third-order valence-corrected chi connectivity index (χ3v) is 3.35. The van der Waals surface area contributed by atoms with Crippen molar-refractivity contribution in [2.75, 3.05) is 7.05 Å². The van der Waals surface area contributed by atoms with E-state index in [1.807, 2.05) is 13.8 Å². The number of primary amides is 1.